The molecule has 2 heterocycles. The van der Waals surface area contributed by atoms with Crippen LogP contribution in [0.15, 0.2) is 12.4 Å². The molecule has 1 fully saturated rings. The summed E-state index contributed by atoms with van der Waals surface area (Å²) in [7, 11) is 0. The predicted octanol–water partition coefficient (Wildman–Crippen LogP) is 1.51. The van der Waals surface area contributed by atoms with Crippen LogP contribution < -0.4 is 10.2 Å². The molecule has 0 aromatic carbocycles. The van der Waals surface area contributed by atoms with Crippen molar-refractivity contribution in [3.63, 3.8) is 0 Å². The lowest BCUT2D eigenvalue weighted by Gasteiger charge is -2.35. The van der Waals surface area contributed by atoms with Gasteiger partial charge in [0.2, 0.25) is 0 Å². The first kappa shape index (κ1) is 15.2. The number of hydrogen-bond donors (Lipinski definition) is 1. The number of hydrogen-bond acceptors (Lipinski definition) is 5. The van der Waals surface area contributed by atoms with Crippen LogP contribution in [-0.2, 0) is 6.54 Å². The van der Waals surface area contributed by atoms with Gasteiger partial charge in [0, 0.05) is 45.0 Å². The number of piperazine rings is 1. The Morgan fingerprint density at radius 1 is 1.20 bits per heavy atom. The maximum absolute atomic E-state index is 4.72. The number of nitrogens with one attached hydrogen (secondary N) is 1. The highest BCUT2D eigenvalue weighted by atomic mass is 15.3. The maximum Gasteiger partial charge on any atom is 0.147 e. The molecular formula is C15H27N5. The van der Waals surface area contributed by atoms with E-state index in [2.05, 4.69) is 40.9 Å². The molecule has 20 heavy (non-hydrogen) atoms. The second-order valence-corrected chi connectivity index (χ2v) is 5.73. The van der Waals surface area contributed by atoms with Crippen LogP contribution in [0.2, 0.25) is 0 Å². The average Bonchev–Trinajstić information content (AvgIpc) is 2.47. The van der Waals surface area contributed by atoms with E-state index in [0.29, 0.717) is 6.04 Å². The molecule has 0 saturated carbocycles. The first-order valence-corrected chi connectivity index (χ1v) is 7.70. The van der Waals surface area contributed by atoms with Crippen LogP contribution in [0.5, 0.6) is 0 Å². The Labute approximate surface area is 122 Å². The van der Waals surface area contributed by atoms with Gasteiger partial charge in [-0.3, -0.25) is 9.88 Å². The fourth-order valence-electron chi connectivity index (χ4n) is 2.46. The highest BCUT2D eigenvalue weighted by Crippen LogP contribution is 2.13. The highest BCUT2D eigenvalue weighted by Gasteiger charge is 2.17. The summed E-state index contributed by atoms with van der Waals surface area (Å²) in [5.74, 6) is 1.02. The fourth-order valence-corrected chi connectivity index (χ4v) is 2.46. The lowest BCUT2D eigenvalue weighted by Crippen LogP contribution is -2.46. The summed E-state index contributed by atoms with van der Waals surface area (Å²) in [6, 6.07) is 0.470. The molecule has 0 radical (unpaired) electrons. The van der Waals surface area contributed by atoms with Gasteiger partial charge in [-0.1, -0.05) is 20.8 Å². The second kappa shape index (κ2) is 7.55. The van der Waals surface area contributed by atoms with Crippen LogP contribution >= 0.6 is 0 Å². The van der Waals surface area contributed by atoms with E-state index >= 15 is 0 Å². The zero-order chi connectivity index (χ0) is 14.4. The Morgan fingerprint density at radius 2 is 1.95 bits per heavy atom. The summed E-state index contributed by atoms with van der Waals surface area (Å²) in [6.07, 6.45) is 4.97. The molecule has 0 bridgehead atoms. The van der Waals surface area contributed by atoms with Crippen molar-refractivity contribution >= 4 is 5.82 Å². The first-order valence-electron chi connectivity index (χ1n) is 7.70. The molecule has 0 spiro atoms. The molecule has 0 unspecified atom stereocenters. The van der Waals surface area contributed by atoms with Gasteiger partial charge in [-0.15, -0.1) is 0 Å². The van der Waals surface area contributed by atoms with E-state index in [1.165, 1.54) is 13.0 Å². The van der Waals surface area contributed by atoms with Crippen molar-refractivity contribution in [3.05, 3.63) is 18.1 Å². The van der Waals surface area contributed by atoms with Gasteiger partial charge in [-0.05, 0) is 13.0 Å². The van der Waals surface area contributed by atoms with Crippen molar-refractivity contribution in [2.45, 2.75) is 39.8 Å². The molecule has 0 aliphatic carbocycles. The van der Waals surface area contributed by atoms with Gasteiger partial charge in [0.15, 0.2) is 0 Å². The predicted molar refractivity (Wildman–Crippen MR) is 83.0 cm³/mol. The molecule has 112 valence electrons. The molecule has 0 amide bonds. The smallest absolute Gasteiger partial charge is 0.147 e. The third-order valence-electron chi connectivity index (χ3n) is 3.60. The van der Waals surface area contributed by atoms with Gasteiger partial charge < -0.3 is 10.2 Å². The Morgan fingerprint density at radius 3 is 2.60 bits per heavy atom. The number of aromatic nitrogens is 2. The Bertz CT molecular complexity index is 399. The van der Waals surface area contributed by atoms with Gasteiger partial charge in [-0.25, -0.2) is 4.98 Å². The molecule has 1 aromatic heterocycles. The summed E-state index contributed by atoms with van der Waals surface area (Å²) in [5, 5.41) is 3.39. The highest BCUT2D eigenvalue weighted by molar-refractivity contribution is 5.37. The average molecular weight is 277 g/mol. The summed E-state index contributed by atoms with van der Waals surface area (Å²) in [4.78, 5) is 13.9. The Hall–Kier alpha value is -1.20. The Kier molecular flexibility index (Phi) is 5.73. The third-order valence-corrected chi connectivity index (χ3v) is 3.60. The van der Waals surface area contributed by atoms with Crippen LogP contribution in [0.4, 0.5) is 5.82 Å². The number of nitrogens with zero attached hydrogens (tertiary/aromatic N) is 4. The van der Waals surface area contributed by atoms with Gasteiger partial charge in [0.25, 0.3) is 0 Å². The SMILES string of the molecule is CCCN1CCN(c2cncc(CNC(C)C)n2)CC1. The van der Waals surface area contributed by atoms with Crippen molar-refractivity contribution in [2.24, 2.45) is 0 Å². The van der Waals surface area contributed by atoms with E-state index in [1.807, 2.05) is 12.4 Å². The third kappa shape index (κ3) is 4.42. The monoisotopic (exact) mass is 277 g/mol. The Balaban J connectivity index is 1.91. The van der Waals surface area contributed by atoms with Gasteiger partial charge in [0.1, 0.15) is 5.82 Å². The molecule has 0 atom stereocenters. The second-order valence-electron chi connectivity index (χ2n) is 5.73. The lowest BCUT2D eigenvalue weighted by molar-refractivity contribution is 0.258. The largest absolute Gasteiger partial charge is 0.353 e. The lowest BCUT2D eigenvalue weighted by atomic mass is 10.3. The number of rotatable bonds is 6. The normalized spacial score (nSPS) is 16.9. The van der Waals surface area contributed by atoms with Gasteiger partial charge in [-0.2, -0.15) is 0 Å². The fraction of sp³-hybridized carbons (Fsp3) is 0.733. The quantitative estimate of drug-likeness (QED) is 0.854. The van der Waals surface area contributed by atoms with Crippen molar-refractivity contribution in [1.29, 1.82) is 0 Å². The van der Waals surface area contributed by atoms with Gasteiger partial charge >= 0.3 is 0 Å². The van der Waals surface area contributed by atoms with Crippen molar-refractivity contribution < 1.29 is 0 Å². The van der Waals surface area contributed by atoms with Crippen molar-refractivity contribution in [3.8, 4) is 0 Å². The molecule has 2 rings (SSSR count). The van der Waals surface area contributed by atoms with Gasteiger partial charge in [0.05, 0.1) is 11.9 Å². The van der Waals surface area contributed by atoms with E-state index < -0.39 is 0 Å². The van der Waals surface area contributed by atoms with Crippen LogP contribution in [-0.4, -0.2) is 53.6 Å². The minimum Gasteiger partial charge on any atom is -0.353 e. The summed E-state index contributed by atoms with van der Waals surface area (Å²) < 4.78 is 0. The molecule has 1 aromatic rings. The van der Waals surface area contributed by atoms with E-state index in [9.17, 15) is 0 Å². The molecule has 1 aliphatic rings. The zero-order valence-electron chi connectivity index (χ0n) is 13.0. The van der Waals surface area contributed by atoms with E-state index in [4.69, 9.17) is 4.98 Å². The summed E-state index contributed by atoms with van der Waals surface area (Å²) in [6.45, 7) is 12.9. The molecule has 1 saturated heterocycles. The molecule has 5 nitrogen and oxygen atoms in total. The summed E-state index contributed by atoms with van der Waals surface area (Å²) >= 11 is 0. The molecule has 1 N–H and O–H groups in total. The van der Waals surface area contributed by atoms with E-state index in [0.717, 1.165) is 44.2 Å². The number of anilines is 1. The minimum atomic E-state index is 0.470. The molecule has 5 heteroatoms. The zero-order valence-corrected chi connectivity index (χ0v) is 13.0. The van der Waals surface area contributed by atoms with E-state index in [1.54, 1.807) is 0 Å². The topological polar surface area (TPSA) is 44.3 Å². The maximum atomic E-state index is 4.72. The van der Waals surface area contributed by atoms with Crippen LogP contribution in [0.25, 0.3) is 0 Å². The van der Waals surface area contributed by atoms with Crippen molar-refractivity contribution in [1.82, 2.24) is 20.2 Å². The van der Waals surface area contributed by atoms with E-state index in [-0.39, 0.29) is 0 Å². The first-order chi connectivity index (χ1) is 9.69. The van der Waals surface area contributed by atoms with Crippen LogP contribution in [0.1, 0.15) is 32.9 Å². The summed E-state index contributed by atoms with van der Waals surface area (Å²) in [5.41, 5.74) is 1.02. The molecule has 1 aliphatic heterocycles. The molecular weight excluding hydrogens is 250 g/mol. The minimum absolute atomic E-state index is 0.470. The van der Waals surface area contributed by atoms with Crippen molar-refractivity contribution in [2.75, 3.05) is 37.6 Å². The van der Waals surface area contributed by atoms with Crippen LogP contribution in [0, 0.1) is 0 Å². The van der Waals surface area contributed by atoms with Crippen LogP contribution in [0.3, 0.4) is 0 Å². The standard InChI is InChI=1S/C15H27N5/c1-4-5-19-6-8-20(9-7-19)15-12-16-10-14(18-15)11-17-13(2)3/h10,12-13,17H,4-9,11H2,1-3H3.